The molecule has 1 unspecified atom stereocenters. The summed E-state index contributed by atoms with van der Waals surface area (Å²) in [5, 5.41) is 22.6. The third kappa shape index (κ3) is 3.07. The van der Waals surface area contributed by atoms with Crippen molar-refractivity contribution in [1.29, 1.82) is 5.26 Å². The van der Waals surface area contributed by atoms with Crippen LogP contribution >= 0.6 is 11.3 Å². The SMILES string of the molecule is N#Cc1ccc(Nc2nc(C(N)C(=O)O)cs2)cc1. The molecule has 2 rings (SSSR count). The van der Waals surface area contributed by atoms with Gasteiger partial charge in [0, 0.05) is 11.1 Å². The summed E-state index contributed by atoms with van der Waals surface area (Å²) in [6.07, 6.45) is 0. The number of benzene rings is 1. The zero-order valence-corrected chi connectivity index (χ0v) is 10.5. The van der Waals surface area contributed by atoms with Crippen LogP contribution in [0.3, 0.4) is 0 Å². The van der Waals surface area contributed by atoms with E-state index in [-0.39, 0.29) is 0 Å². The fraction of sp³-hybridized carbons (Fsp3) is 0.0833. The third-order valence-electron chi connectivity index (χ3n) is 2.37. The number of carbonyl (C=O) groups is 1. The van der Waals surface area contributed by atoms with E-state index in [1.807, 2.05) is 6.07 Å². The molecule has 96 valence electrons. The Hall–Kier alpha value is -2.43. The Bertz CT molecular complexity index is 630. The van der Waals surface area contributed by atoms with E-state index >= 15 is 0 Å². The molecule has 1 aromatic carbocycles. The van der Waals surface area contributed by atoms with Gasteiger partial charge in [0.1, 0.15) is 6.04 Å². The lowest BCUT2D eigenvalue weighted by Crippen LogP contribution is -2.20. The minimum absolute atomic E-state index is 0.314. The molecule has 7 heteroatoms. The molecule has 0 saturated heterocycles. The highest BCUT2D eigenvalue weighted by atomic mass is 32.1. The lowest BCUT2D eigenvalue weighted by molar-refractivity contribution is -0.138. The Morgan fingerprint density at radius 1 is 1.47 bits per heavy atom. The van der Waals surface area contributed by atoms with Crippen molar-refractivity contribution in [3.8, 4) is 6.07 Å². The molecule has 0 spiro atoms. The molecule has 1 atom stereocenters. The monoisotopic (exact) mass is 274 g/mol. The van der Waals surface area contributed by atoms with Gasteiger partial charge in [-0.25, -0.2) is 4.98 Å². The number of nitrogens with one attached hydrogen (secondary N) is 1. The minimum Gasteiger partial charge on any atom is -0.480 e. The molecule has 0 bridgehead atoms. The van der Waals surface area contributed by atoms with E-state index in [4.69, 9.17) is 16.1 Å². The zero-order valence-electron chi connectivity index (χ0n) is 9.70. The number of carboxylic acid groups (broad SMARTS) is 1. The summed E-state index contributed by atoms with van der Waals surface area (Å²) in [6.45, 7) is 0. The van der Waals surface area contributed by atoms with Gasteiger partial charge in [-0.15, -0.1) is 11.3 Å². The number of thiazole rings is 1. The van der Waals surface area contributed by atoms with Crippen molar-refractivity contribution in [1.82, 2.24) is 4.98 Å². The Labute approximate surface area is 113 Å². The van der Waals surface area contributed by atoms with Gasteiger partial charge in [0.15, 0.2) is 5.13 Å². The van der Waals surface area contributed by atoms with E-state index in [0.717, 1.165) is 5.69 Å². The highest BCUT2D eigenvalue weighted by Gasteiger charge is 2.17. The first-order valence-electron chi connectivity index (χ1n) is 5.31. The molecule has 0 fully saturated rings. The fourth-order valence-corrected chi connectivity index (χ4v) is 2.13. The Morgan fingerprint density at radius 3 is 2.74 bits per heavy atom. The number of nitrogens with two attached hydrogens (primary N) is 1. The van der Waals surface area contributed by atoms with Crippen LogP contribution in [0.1, 0.15) is 17.3 Å². The van der Waals surface area contributed by atoms with E-state index in [2.05, 4.69) is 10.3 Å². The van der Waals surface area contributed by atoms with Gasteiger partial charge in [-0.3, -0.25) is 4.79 Å². The van der Waals surface area contributed by atoms with E-state index in [0.29, 0.717) is 16.4 Å². The number of aliphatic carboxylic acids is 1. The van der Waals surface area contributed by atoms with Crippen LogP contribution in [-0.4, -0.2) is 16.1 Å². The van der Waals surface area contributed by atoms with Crippen molar-refractivity contribution in [2.75, 3.05) is 5.32 Å². The predicted molar refractivity (Wildman–Crippen MR) is 71.1 cm³/mol. The molecule has 1 heterocycles. The van der Waals surface area contributed by atoms with Gasteiger partial charge in [0.2, 0.25) is 0 Å². The maximum Gasteiger partial charge on any atom is 0.326 e. The zero-order chi connectivity index (χ0) is 13.8. The first kappa shape index (κ1) is 13.0. The highest BCUT2D eigenvalue weighted by Crippen LogP contribution is 2.23. The molecule has 19 heavy (non-hydrogen) atoms. The smallest absolute Gasteiger partial charge is 0.326 e. The van der Waals surface area contributed by atoms with Crippen molar-refractivity contribution in [2.45, 2.75) is 6.04 Å². The second kappa shape index (κ2) is 5.48. The molecule has 0 amide bonds. The van der Waals surface area contributed by atoms with Crippen molar-refractivity contribution in [3.63, 3.8) is 0 Å². The van der Waals surface area contributed by atoms with E-state index in [1.54, 1.807) is 29.6 Å². The summed E-state index contributed by atoms with van der Waals surface area (Å²) in [7, 11) is 0. The molecule has 0 radical (unpaired) electrons. The number of hydrogen-bond donors (Lipinski definition) is 3. The molecule has 2 aromatic rings. The van der Waals surface area contributed by atoms with Crippen molar-refractivity contribution < 1.29 is 9.90 Å². The second-order valence-corrected chi connectivity index (χ2v) is 4.57. The number of nitrogens with zero attached hydrogens (tertiary/aromatic N) is 2. The maximum absolute atomic E-state index is 10.7. The van der Waals surface area contributed by atoms with Crippen molar-refractivity contribution in [2.24, 2.45) is 5.73 Å². The first-order chi connectivity index (χ1) is 9.10. The maximum atomic E-state index is 10.7. The van der Waals surface area contributed by atoms with Gasteiger partial charge in [0.25, 0.3) is 0 Å². The van der Waals surface area contributed by atoms with Crippen LogP contribution in [0.5, 0.6) is 0 Å². The van der Waals surface area contributed by atoms with Crippen LogP contribution in [0.15, 0.2) is 29.6 Å². The van der Waals surface area contributed by atoms with E-state index in [1.165, 1.54) is 11.3 Å². The normalized spacial score (nSPS) is 11.6. The molecule has 4 N–H and O–H groups in total. The molecule has 0 aliphatic carbocycles. The molecular weight excluding hydrogens is 264 g/mol. The van der Waals surface area contributed by atoms with Crippen LogP contribution < -0.4 is 11.1 Å². The third-order valence-corrected chi connectivity index (χ3v) is 3.15. The van der Waals surface area contributed by atoms with Gasteiger partial charge >= 0.3 is 5.97 Å². The summed E-state index contributed by atoms with van der Waals surface area (Å²) in [5.41, 5.74) is 7.11. The number of aromatic nitrogens is 1. The number of carboxylic acids is 1. The average Bonchev–Trinajstić information content (AvgIpc) is 2.87. The predicted octanol–water partition coefficient (Wildman–Crippen LogP) is 1.84. The highest BCUT2D eigenvalue weighted by molar-refractivity contribution is 7.13. The van der Waals surface area contributed by atoms with Crippen molar-refractivity contribution in [3.05, 3.63) is 40.9 Å². The van der Waals surface area contributed by atoms with E-state index < -0.39 is 12.0 Å². The Kier molecular flexibility index (Phi) is 3.75. The van der Waals surface area contributed by atoms with Crippen LogP contribution in [0.2, 0.25) is 0 Å². The summed E-state index contributed by atoms with van der Waals surface area (Å²) >= 11 is 1.27. The quantitative estimate of drug-likeness (QED) is 0.784. The summed E-state index contributed by atoms with van der Waals surface area (Å²) in [5.74, 6) is -1.12. The van der Waals surface area contributed by atoms with Crippen LogP contribution in [0.25, 0.3) is 0 Å². The van der Waals surface area contributed by atoms with Gasteiger partial charge in [-0.2, -0.15) is 5.26 Å². The van der Waals surface area contributed by atoms with Gasteiger partial charge in [0.05, 0.1) is 17.3 Å². The van der Waals surface area contributed by atoms with E-state index in [9.17, 15) is 4.79 Å². The number of rotatable bonds is 4. The first-order valence-corrected chi connectivity index (χ1v) is 6.19. The standard InChI is InChI=1S/C12H10N4O2S/c13-5-7-1-3-8(4-2-7)15-12-16-9(6-19-12)10(14)11(17)18/h1-4,6,10H,14H2,(H,15,16)(H,17,18). The molecular formula is C12H10N4O2S. The largest absolute Gasteiger partial charge is 0.480 e. The summed E-state index contributed by atoms with van der Waals surface area (Å²) in [4.78, 5) is 14.8. The Morgan fingerprint density at radius 2 is 2.16 bits per heavy atom. The second-order valence-electron chi connectivity index (χ2n) is 3.71. The number of hydrogen-bond acceptors (Lipinski definition) is 6. The summed E-state index contributed by atoms with van der Waals surface area (Å²) in [6, 6.07) is 7.76. The summed E-state index contributed by atoms with van der Waals surface area (Å²) < 4.78 is 0. The van der Waals surface area contributed by atoms with Crippen LogP contribution in [-0.2, 0) is 4.79 Å². The van der Waals surface area contributed by atoms with Crippen LogP contribution in [0, 0.1) is 11.3 Å². The molecule has 0 aliphatic heterocycles. The molecule has 6 nitrogen and oxygen atoms in total. The average molecular weight is 274 g/mol. The minimum atomic E-state index is -1.12. The van der Waals surface area contributed by atoms with Gasteiger partial charge in [-0.05, 0) is 24.3 Å². The Balaban J connectivity index is 2.11. The lowest BCUT2D eigenvalue weighted by atomic mass is 10.2. The topological polar surface area (TPSA) is 112 Å². The lowest BCUT2D eigenvalue weighted by Gasteiger charge is -2.03. The van der Waals surface area contributed by atoms with Crippen molar-refractivity contribution >= 4 is 28.1 Å². The van der Waals surface area contributed by atoms with Crippen LogP contribution in [0.4, 0.5) is 10.8 Å². The fourth-order valence-electron chi connectivity index (χ4n) is 1.36. The number of nitriles is 1. The molecule has 0 aliphatic rings. The molecule has 1 aromatic heterocycles. The molecule has 0 saturated carbocycles. The van der Waals surface area contributed by atoms with Gasteiger partial charge in [-0.1, -0.05) is 0 Å². The van der Waals surface area contributed by atoms with Gasteiger partial charge < -0.3 is 16.2 Å². The number of anilines is 2.